The summed E-state index contributed by atoms with van der Waals surface area (Å²) in [5, 5.41) is 9.07. The summed E-state index contributed by atoms with van der Waals surface area (Å²) in [5.74, 6) is 5.54. The van der Waals surface area contributed by atoms with Crippen molar-refractivity contribution < 1.29 is 5.11 Å². The molecule has 0 aliphatic rings. The van der Waals surface area contributed by atoms with Crippen LogP contribution in [0.4, 0.5) is 0 Å². The summed E-state index contributed by atoms with van der Waals surface area (Å²) < 4.78 is 0. The van der Waals surface area contributed by atoms with Crippen molar-refractivity contribution in [1.82, 2.24) is 4.98 Å². The minimum Gasteiger partial charge on any atom is -0.395 e. The van der Waals surface area contributed by atoms with Crippen LogP contribution >= 0.6 is 11.6 Å². The Morgan fingerprint density at radius 1 is 1.58 bits per heavy atom. The fourth-order valence-corrected chi connectivity index (χ4v) is 0.842. The van der Waals surface area contributed by atoms with Crippen molar-refractivity contribution in [3.63, 3.8) is 0 Å². The molecule has 1 aromatic rings. The van der Waals surface area contributed by atoms with Crippen molar-refractivity contribution in [2.75, 3.05) is 6.61 Å². The second-order valence-corrected chi connectivity index (χ2v) is 2.57. The zero-order chi connectivity index (χ0) is 8.81. The van der Waals surface area contributed by atoms with Gasteiger partial charge in [0.1, 0.15) is 5.69 Å². The van der Waals surface area contributed by atoms with E-state index in [2.05, 4.69) is 16.8 Å². The molecule has 0 fully saturated rings. The van der Waals surface area contributed by atoms with E-state index in [0.717, 1.165) is 0 Å². The molecule has 0 aliphatic carbocycles. The van der Waals surface area contributed by atoms with Crippen LogP contribution < -0.4 is 0 Å². The van der Waals surface area contributed by atoms with Crippen molar-refractivity contribution in [3.05, 3.63) is 29.0 Å². The van der Waals surface area contributed by atoms with Gasteiger partial charge < -0.3 is 5.11 Å². The van der Waals surface area contributed by atoms with Crippen molar-refractivity contribution in [2.24, 2.45) is 0 Å². The Balaban J connectivity index is 2.71. The second-order valence-electron chi connectivity index (χ2n) is 2.13. The maximum Gasteiger partial charge on any atom is 0.114 e. The van der Waals surface area contributed by atoms with E-state index in [1.54, 1.807) is 18.3 Å². The first kappa shape index (κ1) is 9.05. The van der Waals surface area contributed by atoms with Crippen LogP contribution in [-0.2, 0) is 0 Å². The summed E-state index contributed by atoms with van der Waals surface area (Å²) in [6, 6.07) is 3.38. The van der Waals surface area contributed by atoms with Gasteiger partial charge in [-0.3, -0.25) is 0 Å². The highest BCUT2D eigenvalue weighted by Gasteiger charge is 1.88. The molecule has 62 valence electrons. The molecular formula is C9H8ClNO. The maximum atomic E-state index is 8.45. The van der Waals surface area contributed by atoms with E-state index >= 15 is 0 Å². The lowest BCUT2D eigenvalue weighted by molar-refractivity contribution is 0.305. The molecule has 1 rings (SSSR count). The third kappa shape index (κ3) is 2.91. The van der Waals surface area contributed by atoms with Gasteiger partial charge in [-0.05, 0) is 18.1 Å². The van der Waals surface area contributed by atoms with E-state index < -0.39 is 0 Å². The molecule has 0 aromatic carbocycles. The van der Waals surface area contributed by atoms with Crippen molar-refractivity contribution in [1.29, 1.82) is 0 Å². The fraction of sp³-hybridized carbons (Fsp3) is 0.222. The predicted octanol–water partition coefficient (Wildman–Crippen LogP) is 1.47. The molecule has 12 heavy (non-hydrogen) atoms. The highest BCUT2D eigenvalue weighted by atomic mass is 35.5. The molecule has 0 unspecified atom stereocenters. The van der Waals surface area contributed by atoms with Crippen molar-refractivity contribution in [2.45, 2.75) is 6.42 Å². The lowest BCUT2D eigenvalue weighted by atomic mass is 10.3. The molecule has 1 N–H and O–H groups in total. The minimum atomic E-state index is 0.0770. The topological polar surface area (TPSA) is 33.1 Å². The summed E-state index contributed by atoms with van der Waals surface area (Å²) in [7, 11) is 0. The number of hydrogen-bond acceptors (Lipinski definition) is 2. The standard InChI is InChI=1S/C9H8ClNO/c10-8-4-5-11-9(7-8)3-1-2-6-12/h4-5,7,12H,2,6H2. The molecule has 1 heterocycles. The monoisotopic (exact) mass is 181 g/mol. The van der Waals surface area contributed by atoms with E-state index in [1.807, 2.05) is 0 Å². The van der Waals surface area contributed by atoms with Gasteiger partial charge in [0.25, 0.3) is 0 Å². The van der Waals surface area contributed by atoms with Crippen LogP contribution in [0.5, 0.6) is 0 Å². The van der Waals surface area contributed by atoms with E-state index in [4.69, 9.17) is 16.7 Å². The lowest BCUT2D eigenvalue weighted by Crippen LogP contribution is -1.81. The van der Waals surface area contributed by atoms with E-state index in [9.17, 15) is 0 Å². The minimum absolute atomic E-state index is 0.0770. The highest BCUT2D eigenvalue weighted by molar-refractivity contribution is 6.30. The van der Waals surface area contributed by atoms with E-state index in [1.165, 1.54) is 0 Å². The maximum absolute atomic E-state index is 8.45. The molecule has 0 amide bonds. The number of aliphatic hydroxyl groups is 1. The summed E-state index contributed by atoms with van der Waals surface area (Å²) >= 11 is 5.70. The molecule has 0 atom stereocenters. The molecule has 0 saturated carbocycles. The van der Waals surface area contributed by atoms with E-state index in [-0.39, 0.29) is 6.61 Å². The van der Waals surface area contributed by atoms with E-state index in [0.29, 0.717) is 17.1 Å². The number of aliphatic hydroxyl groups excluding tert-OH is 1. The average molecular weight is 182 g/mol. The fourth-order valence-electron chi connectivity index (χ4n) is 0.682. The summed E-state index contributed by atoms with van der Waals surface area (Å²) in [6.07, 6.45) is 2.07. The number of pyridine rings is 1. The van der Waals surface area contributed by atoms with Gasteiger partial charge in [0.15, 0.2) is 0 Å². The number of halogens is 1. The number of hydrogen-bond donors (Lipinski definition) is 1. The first-order valence-electron chi connectivity index (χ1n) is 3.54. The van der Waals surface area contributed by atoms with Gasteiger partial charge in [0, 0.05) is 17.6 Å². The molecule has 2 nitrogen and oxygen atoms in total. The van der Waals surface area contributed by atoms with Gasteiger partial charge in [-0.15, -0.1) is 0 Å². The number of aromatic nitrogens is 1. The van der Waals surface area contributed by atoms with Gasteiger partial charge in [0.05, 0.1) is 6.61 Å². The first-order chi connectivity index (χ1) is 5.83. The molecule has 0 spiro atoms. The van der Waals surface area contributed by atoms with Gasteiger partial charge in [-0.1, -0.05) is 17.5 Å². The van der Waals surface area contributed by atoms with Crippen LogP contribution in [0.25, 0.3) is 0 Å². The zero-order valence-electron chi connectivity index (χ0n) is 6.42. The zero-order valence-corrected chi connectivity index (χ0v) is 7.17. The van der Waals surface area contributed by atoms with Crippen molar-refractivity contribution >= 4 is 11.6 Å². The molecule has 0 aliphatic heterocycles. The Morgan fingerprint density at radius 3 is 3.08 bits per heavy atom. The third-order valence-corrected chi connectivity index (χ3v) is 1.41. The van der Waals surface area contributed by atoms with Crippen LogP contribution in [0.3, 0.4) is 0 Å². The quantitative estimate of drug-likeness (QED) is 0.666. The van der Waals surface area contributed by atoms with Crippen LogP contribution in [0, 0.1) is 11.8 Å². The van der Waals surface area contributed by atoms with Gasteiger partial charge in [-0.25, -0.2) is 4.98 Å². The number of nitrogens with zero attached hydrogens (tertiary/aromatic N) is 1. The molecular weight excluding hydrogens is 174 g/mol. The highest BCUT2D eigenvalue weighted by Crippen LogP contribution is 2.06. The molecule has 0 bridgehead atoms. The Bertz CT molecular complexity index is 314. The summed E-state index contributed by atoms with van der Waals surface area (Å²) in [4.78, 5) is 3.97. The third-order valence-electron chi connectivity index (χ3n) is 1.18. The SMILES string of the molecule is OCCC#Cc1cc(Cl)ccn1. The van der Waals surface area contributed by atoms with Crippen LogP contribution in [0.15, 0.2) is 18.3 Å². The smallest absolute Gasteiger partial charge is 0.114 e. The largest absolute Gasteiger partial charge is 0.395 e. The molecule has 1 aromatic heterocycles. The predicted molar refractivity (Wildman–Crippen MR) is 47.8 cm³/mol. The lowest BCUT2D eigenvalue weighted by Gasteiger charge is -1.89. The van der Waals surface area contributed by atoms with Gasteiger partial charge >= 0.3 is 0 Å². The normalized spacial score (nSPS) is 8.83. The summed E-state index contributed by atoms with van der Waals surface area (Å²) in [5.41, 5.74) is 0.635. The van der Waals surface area contributed by atoms with Crippen LogP contribution in [0.1, 0.15) is 12.1 Å². The van der Waals surface area contributed by atoms with Crippen LogP contribution in [-0.4, -0.2) is 16.7 Å². The average Bonchev–Trinajstić information content (AvgIpc) is 2.05. The molecule has 0 saturated heterocycles. The second kappa shape index (κ2) is 4.76. The van der Waals surface area contributed by atoms with Gasteiger partial charge in [-0.2, -0.15) is 0 Å². The Hall–Kier alpha value is -1.04. The summed E-state index contributed by atoms with van der Waals surface area (Å²) in [6.45, 7) is 0.0770. The number of rotatable bonds is 1. The van der Waals surface area contributed by atoms with Crippen LogP contribution in [0.2, 0.25) is 5.02 Å². The van der Waals surface area contributed by atoms with Crippen molar-refractivity contribution in [3.8, 4) is 11.8 Å². The molecule has 0 radical (unpaired) electrons. The Labute approximate surface area is 76.2 Å². The first-order valence-corrected chi connectivity index (χ1v) is 3.92. The Kier molecular flexibility index (Phi) is 3.59. The Morgan fingerprint density at radius 2 is 2.42 bits per heavy atom. The molecule has 3 heteroatoms. The van der Waals surface area contributed by atoms with Gasteiger partial charge in [0.2, 0.25) is 0 Å².